The van der Waals surface area contributed by atoms with Gasteiger partial charge in [0.05, 0.1) is 29.9 Å². The van der Waals surface area contributed by atoms with Gasteiger partial charge in [-0.2, -0.15) is 0 Å². The van der Waals surface area contributed by atoms with Crippen LogP contribution in [-0.4, -0.2) is 47.3 Å². The molecule has 2 amide bonds. The summed E-state index contributed by atoms with van der Waals surface area (Å²) < 4.78 is 8.54. The molecule has 0 radical (unpaired) electrons. The van der Waals surface area contributed by atoms with E-state index in [0.29, 0.717) is 40.9 Å². The van der Waals surface area contributed by atoms with Gasteiger partial charge in [0.15, 0.2) is 0 Å². The molecule has 8 nitrogen and oxygen atoms in total. The Balaban J connectivity index is 1.51. The maximum absolute atomic E-state index is 13.6. The molecule has 4 aromatic rings. The second-order valence-electron chi connectivity index (χ2n) is 8.48. The first-order valence-electron chi connectivity index (χ1n) is 10.9. The Hall–Kier alpha value is -3.91. The van der Waals surface area contributed by atoms with E-state index < -0.39 is 0 Å². The number of imidazole rings is 1. The van der Waals surface area contributed by atoms with Crippen LogP contribution in [0.3, 0.4) is 0 Å². The van der Waals surface area contributed by atoms with Crippen molar-refractivity contribution >= 4 is 45.0 Å². The highest BCUT2D eigenvalue weighted by Gasteiger charge is 2.35. The van der Waals surface area contributed by atoms with Crippen molar-refractivity contribution in [3.05, 3.63) is 70.1 Å². The molecule has 0 atom stereocenters. The van der Waals surface area contributed by atoms with Gasteiger partial charge in [0.25, 0.3) is 11.8 Å². The number of carbonyl (C=O) groups is 2. The molecule has 0 N–H and O–H groups in total. The van der Waals surface area contributed by atoms with Crippen LogP contribution in [0.25, 0.3) is 21.8 Å². The lowest BCUT2D eigenvalue weighted by atomic mass is 9.92. The number of amides is 2. The fourth-order valence-corrected chi connectivity index (χ4v) is 5.03. The first-order valence-corrected chi connectivity index (χ1v) is 10.9. The van der Waals surface area contributed by atoms with Crippen LogP contribution >= 0.6 is 0 Å². The van der Waals surface area contributed by atoms with Gasteiger partial charge in [-0.3, -0.25) is 18.7 Å². The fourth-order valence-electron chi connectivity index (χ4n) is 5.03. The summed E-state index contributed by atoms with van der Waals surface area (Å²) in [6.07, 6.45) is 0. The van der Waals surface area contributed by atoms with Crippen molar-refractivity contribution in [3.8, 4) is 0 Å². The number of carbonyl (C=O) groups excluding carboxylic acids is 2. The summed E-state index contributed by atoms with van der Waals surface area (Å²) in [6, 6.07) is 14.6. The Morgan fingerprint density at radius 1 is 0.788 bits per heavy atom. The number of hydrogen-bond donors (Lipinski definition) is 0. The van der Waals surface area contributed by atoms with Crippen molar-refractivity contribution in [2.45, 2.75) is 0 Å². The molecule has 3 heterocycles. The number of ether oxygens (including phenoxy) is 1. The molecule has 3 aromatic carbocycles. The minimum Gasteiger partial charge on any atom is -0.378 e. The second kappa shape index (κ2) is 7.05. The number of fused-ring (bicyclic) bond motifs is 1. The van der Waals surface area contributed by atoms with E-state index in [0.717, 1.165) is 29.7 Å². The summed E-state index contributed by atoms with van der Waals surface area (Å²) in [5, 5.41) is 1.59. The van der Waals surface area contributed by atoms with Crippen LogP contribution in [0, 0.1) is 0 Å². The molecule has 1 saturated heterocycles. The van der Waals surface area contributed by atoms with Crippen LogP contribution in [0.2, 0.25) is 0 Å². The number of aromatic nitrogens is 2. The SMILES string of the molecule is Cn1c(=O)n(C)c2cc(N3C(=O)c4cccc5c(N6CCOCC6)ccc(c45)C3=O)ccc21. The molecule has 166 valence electrons. The van der Waals surface area contributed by atoms with Gasteiger partial charge >= 0.3 is 5.69 Å². The first kappa shape index (κ1) is 19.8. The molecule has 2 aliphatic heterocycles. The van der Waals surface area contributed by atoms with Crippen LogP contribution in [-0.2, 0) is 18.8 Å². The number of anilines is 2. The molecular weight excluding hydrogens is 420 g/mol. The third-order valence-corrected chi connectivity index (χ3v) is 6.75. The van der Waals surface area contributed by atoms with Gasteiger partial charge in [0, 0.05) is 54.8 Å². The molecule has 8 heteroatoms. The van der Waals surface area contributed by atoms with Gasteiger partial charge in [-0.1, -0.05) is 12.1 Å². The molecule has 0 unspecified atom stereocenters. The highest BCUT2D eigenvalue weighted by molar-refractivity contribution is 6.36. The molecule has 33 heavy (non-hydrogen) atoms. The highest BCUT2D eigenvalue weighted by Crippen LogP contribution is 2.38. The van der Waals surface area contributed by atoms with Crippen LogP contribution < -0.4 is 15.5 Å². The van der Waals surface area contributed by atoms with Gasteiger partial charge in [-0.25, -0.2) is 9.69 Å². The standard InChI is InChI=1S/C25H22N4O4/c1-26-20-8-6-15(14-21(20)27(2)25(26)32)29-23(30)17-5-3-4-16-19(28-10-12-33-13-11-28)9-7-18(22(16)17)24(29)31/h3-9,14H,10-13H2,1-2H3. The Bertz CT molecular complexity index is 1520. The van der Waals surface area contributed by atoms with Crippen LogP contribution in [0.4, 0.5) is 11.4 Å². The average molecular weight is 442 g/mol. The van der Waals surface area contributed by atoms with Gasteiger partial charge in [0.2, 0.25) is 0 Å². The molecule has 1 fully saturated rings. The monoisotopic (exact) mass is 442 g/mol. The van der Waals surface area contributed by atoms with Gasteiger partial charge in [0.1, 0.15) is 0 Å². The van der Waals surface area contributed by atoms with E-state index in [9.17, 15) is 14.4 Å². The third-order valence-electron chi connectivity index (χ3n) is 6.75. The zero-order valence-electron chi connectivity index (χ0n) is 18.4. The van der Waals surface area contributed by atoms with Crippen molar-refractivity contribution < 1.29 is 14.3 Å². The number of nitrogens with zero attached hydrogens (tertiary/aromatic N) is 4. The van der Waals surface area contributed by atoms with Crippen molar-refractivity contribution in [2.75, 3.05) is 36.1 Å². The Morgan fingerprint density at radius 3 is 2.24 bits per heavy atom. The van der Waals surface area contributed by atoms with Crippen LogP contribution in [0.5, 0.6) is 0 Å². The fraction of sp³-hybridized carbons (Fsp3) is 0.240. The summed E-state index contributed by atoms with van der Waals surface area (Å²) in [5.74, 6) is -0.727. The zero-order valence-corrected chi connectivity index (χ0v) is 18.4. The largest absolute Gasteiger partial charge is 0.378 e. The van der Waals surface area contributed by atoms with E-state index in [1.165, 1.54) is 9.47 Å². The Morgan fingerprint density at radius 2 is 1.48 bits per heavy atom. The Kier molecular flexibility index (Phi) is 4.22. The van der Waals surface area contributed by atoms with Crippen molar-refractivity contribution in [2.24, 2.45) is 14.1 Å². The number of morpholine rings is 1. The lowest BCUT2D eigenvalue weighted by molar-refractivity contribution is 0.0893. The van der Waals surface area contributed by atoms with E-state index in [4.69, 9.17) is 4.74 Å². The minimum absolute atomic E-state index is 0.163. The molecule has 0 spiro atoms. The summed E-state index contributed by atoms with van der Waals surface area (Å²) in [4.78, 5) is 43.0. The smallest absolute Gasteiger partial charge is 0.328 e. The van der Waals surface area contributed by atoms with E-state index in [1.54, 1.807) is 42.9 Å². The number of rotatable bonds is 2. The Labute approximate surface area is 189 Å². The maximum atomic E-state index is 13.6. The molecule has 0 saturated carbocycles. The summed E-state index contributed by atoms with van der Waals surface area (Å²) in [7, 11) is 3.38. The molecule has 1 aromatic heterocycles. The van der Waals surface area contributed by atoms with Crippen molar-refractivity contribution in [1.29, 1.82) is 0 Å². The van der Waals surface area contributed by atoms with E-state index in [1.807, 2.05) is 24.3 Å². The molecular formula is C25H22N4O4. The van der Waals surface area contributed by atoms with Crippen LogP contribution in [0.15, 0.2) is 53.3 Å². The predicted molar refractivity (Wildman–Crippen MR) is 126 cm³/mol. The van der Waals surface area contributed by atoms with Gasteiger partial charge < -0.3 is 9.64 Å². The normalized spacial score (nSPS) is 16.3. The second-order valence-corrected chi connectivity index (χ2v) is 8.48. The van der Waals surface area contributed by atoms with Crippen LogP contribution in [0.1, 0.15) is 20.7 Å². The molecule has 0 bridgehead atoms. The molecule has 6 rings (SSSR count). The molecule has 2 aliphatic rings. The van der Waals surface area contributed by atoms with Gasteiger partial charge in [-0.05, 0) is 36.4 Å². The molecule has 0 aliphatic carbocycles. The number of imide groups is 1. The summed E-state index contributed by atoms with van der Waals surface area (Å²) in [6.45, 7) is 2.84. The van der Waals surface area contributed by atoms with E-state index in [2.05, 4.69) is 4.90 Å². The number of aryl methyl sites for hydroxylation is 2. The maximum Gasteiger partial charge on any atom is 0.328 e. The van der Waals surface area contributed by atoms with E-state index in [-0.39, 0.29) is 17.5 Å². The van der Waals surface area contributed by atoms with Crippen molar-refractivity contribution in [3.63, 3.8) is 0 Å². The lowest BCUT2D eigenvalue weighted by Crippen LogP contribution is -2.41. The zero-order chi connectivity index (χ0) is 22.9. The first-order chi connectivity index (χ1) is 16.0. The lowest BCUT2D eigenvalue weighted by Gasteiger charge is -2.32. The topological polar surface area (TPSA) is 76.8 Å². The quantitative estimate of drug-likeness (QED) is 0.446. The third kappa shape index (κ3) is 2.70. The average Bonchev–Trinajstić information content (AvgIpc) is 3.06. The van der Waals surface area contributed by atoms with Crippen molar-refractivity contribution in [1.82, 2.24) is 9.13 Å². The minimum atomic E-state index is -0.363. The number of hydrogen-bond acceptors (Lipinski definition) is 5. The number of benzene rings is 3. The highest BCUT2D eigenvalue weighted by atomic mass is 16.5. The summed E-state index contributed by atoms with van der Waals surface area (Å²) in [5.41, 5.74) is 3.68. The van der Waals surface area contributed by atoms with E-state index >= 15 is 0 Å². The predicted octanol–water partition coefficient (Wildman–Crippen LogP) is 2.67. The summed E-state index contributed by atoms with van der Waals surface area (Å²) >= 11 is 0. The van der Waals surface area contributed by atoms with Gasteiger partial charge in [-0.15, -0.1) is 0 Å².